The van der Waals surface area contributed by atoms with E-state index in [1.165, 1.54) is 11.3 Å². The van der Waals surface area contributed by atoms with Crippen LogP contribution >= 0.6 is 23.6 Å². The minimum atomic E-state index is 0.0182. The average Bonchev–Trinajstić information content (AvgIpc) is 2.70. The summed E-state index contributed by atoms with van der Waals surface area (Å²) in [7, 11) is 0. The van der Waals surface area contributed by atoms with Crippen LogP contribution in [0.4, 0.5) is 5.13 Å². The van der Waals surface area contributed by atoms with Gasteiger partial charge in [-0.25, -0.2) is 4.98 Å². The molecule has 0 aliphatic heterocycles. The molecule has 1 rings (SSSR count). The van der Waals surface area contributed by atoms with Gasteiger partial charge in [0.25, 0.3) is 0 Å². The molecule has 1 heterocycles. The van der Waals surface area contributed by atoms with Gasteiger partial charge in [-0.15, -0.1) is 11.3 Å². The molecule has 0 bridgehead atoms. The maximum Gasteiger partial charge on any atom is 0.191 e. The molecule has 0 atom stereocenters. The Hall–Kier alpha value is -0.760. The molecule has 0 unspecified atom stereocenters. The number of thiazole rings is 1. The first-order chi connectivity index (χ1) is 7.25. The highest BCUT2D eigenvalue weighted by molar-refractivity contribution is 7.80. The van der Waals surface area contributed by atoms with E-state index < -0.39 is 0 Å². The Balaban J connectivity index is 2.42. The smallest absolute Gasteiger partial charge is 0.191 e. The first-order valence-corrected chi connectivity index (χ1v) is 5.69. The van der Waals surface area contributed by atoms with Gasteiger partial charge in [-0.05, 0) is 12.2 Å². The van der Waals surface area contributed by atoms with E-state index in [1.54, 1.807) is 11.1 Å². The molecule has 0 saturated heterocycles. The highest BCUT2D eigenvalue weighted by Crippen LogP contribution is 2.16. The number of nitrogens with zero attached hydrogens (tertiary/aromatic N) is 2. The van der Waals surface area contributed by atoms with E-state index in [9.17, 15) is 0 Å². The molecule has 0 saturated carbocycles. The summed E-state index contributed by atoms with van der Waals surface area (Å²) in [4.78, 5) is 5.81. The largest absolute Gasteiger partial charge is 0.394 e. The number of rotatable bonds is 6. The maximum atomic E-state index is 8.53. The lowest BCUT2D eigenvalue weighted by Gasteiger charge is -2.19. The SMILES string of the molecule is NC(=S)N(CCOCCO)c1nccs1. The first-order valence-electron chi connectivity index (χ1n) is 4.40. The molecule has 7 heteroatoms. The van der Waals surface area contributed by atoms with Gasteiger partial charge in [-0.2, -0.15) is 0 Å². The third-order valence-electron chi connectivity index (χ3n) is 1.61. The van der Waals surface area contributed by atoms with Gasteiger partial charge in [-0.3, -0.25) is 4.90 Å². The van der Waals surface area contributed by atoms with Crippen molar-refractivity contribution in [2.24, 2.45) is 5.73 Å². The molecule has 0 aliphatic rings. The zero-order valence-electron chi connectivity index (χ0n) is 8.13. The van der Waals surface area contributed by atoms with E-state index in [1.807, 2.05) is 5.38 Å². The van der Waals surface area contributed by atoms with Crippen molar-refractivity contribution >= 4 is 33.8 Å². The second kappa shape index (κ2) is 6.67. The van der Waals surface area contributed by atoms with Crippen LogP contribution in [0.3, 0.4) is 0 Å². The summed E-state index contributed by atoms with van der Waals surface area (Å²) in [6, 6.07) is 0. The molecule has 5 nitrogen and oxygen atoms in total. The number of aliphatic hydroxyl groups is 1. The second-order valence-electron chi connectivity index (χ2n) is 2.64. The van der Waals surface area contributed by atoms with Crippen molar-refractivity contribution in [2.75, 3.05) is 31.3 Å². The summed E-state index contributed by atoms with van der Waals surface area (Å²) in [5, 5.41) is 11.4. The van der Waals surface area contributed by atoms with E-state index >= 15 is 0 Å². The van der Waals surface area contributed by atoms with Gasteiger partial charge in [0.1, 0.15) is 0 Å². The number of nitrogens with two attached hydrogens (primary N) is 1. The van der Waals surface area contributed by atoms with Crippen LogP contribution in [0, 0.1) is 0 Å². The fraction of sp³-hybridized carbons (Fsp3) is 0.500. The summed E-state index contributed by atoms with van der Waals surface area (Å²) in [6.07, 6.45) is 1.69. The van der Waals surface area contributed by atoms with Crippen LogP contribution in [0.2, 0.25) is 0 Å². The Kier molecular flexibility index (Phi) is 5.48. The van der Waals surface area contributed by atoms with Crippen LogP contribution in [-0.4, -0.2) is 41.6 Å². The third-order valence-corrected chi connectivity index (χ3v) is 2.63. The molecule has 15 heavy (non-hydrogen) atoms. The summed E-state index contributed by atoms with van der Waals surface area (Å²) in [5.41, 5.74) is 5.56. The van der Waals surface area contributed by atoms with Crippen molar-refractivity contribution in [3.63, 3.8) is 0 Å². The molecule has 84 valence electrons. The number of anilines is 1. The zero-order valence-corrected chi connectivity index (χ0v) is 9.76. The van der Waals surface area contributed by atoms with Crippen LogP contribution in [0.5, 0.6) is 0 Å². The summed E-state index contributed by atoms with van der Waals surface area (Å²) < 4.78 is 5.13. The Morgan fingerprint density at radius 3 is 3.00 bits per heavy atom. The molecule has 1 aromatic heterocycles. The normalized spacial score (nSPS) is 10.2. The van der Waals surface area contributed by atoms with Crippen LogP contribution in [0.25, 0.3) is 0 Å². The number of aliphatic hydroxyl groups excluding tert-OH is 1. The second-order valence-corrected chi connectivity index (χ2v) is 3.93. The lowest BCUT2D eigenvalue weighted by atomic mass is 10.6. The quantitative estimate of drug-likeness (QED) is 0.553. The molecular weight excluding hydrogens is 234 g/mol. The fourth-order valence-corrected chi connectivity index (χ4v) is 1.89. The summed E-state index contributed by atoms with van der Waals surface area (Å²) in [5.74, 6) is 0. The highest BCUT2D eigenvalue weighted by atomic mass is 32.1. The maximum absolute atomic E-state index is 8.53. The lowest BCUT2D eigenvalue weighted by molar-refractivity contribution is 0.0978. The fourth-order valence-electron chi connectivity index (χ4n) is 0.972. The lowest BCUT2D eigenvalue weighted by Crippen LogP contribution is -2.38. The topological polar surface area (TPSA) is 71.6 Å². The average molecular weight is 247 g/mol. The van der Waals surface area contributed by atoms with Crippen molar-refractivity contribution in [1.29, 1.82) is 0 Å². The standard InChI is InChI=1S/C8H13N3O2S2/c9-7(14)11(2-4-13-5-3-12)8-10-1-6-15-8/h1,6,12H,2-5H2,(H2,9,14). The van der Waals surface area contributed by atoms with E-state index in [4.69, 9.17) is 27.8 Å². The van der Waals surface area contributed by atoms with E-state index in [0.717, 1.165) is 5.13 Å². The van der Waals surface area contributed by atoms with Crippen molar-refractivity contribution < 1.29 is 9.84 Å². The van der Waals surface area contributed by atoms with Gasteiger partial charge in [-0.1, -0.05) is 0 Å². The third kappa shape index (κ3) is 4.08. The molecule has 0 spiro atoms. The van der Waals surface area contributed by atoms with Crippen molar-refractivity contribution in [3.05, 3.63) is 11.6 Å². The van der Waals surface area contributed by atoms with Crippen molar-refractivity contribution in [3.8, 4) is 0 Å². The zero-order chi connectivity index (χ0) is 11.1. The number of thiocarbonyl (C=S) groups is 1. The molecule has 0 fully saturated rings. The molecule has 0 amide bonds. The first kappa shape index (κ1) is 12.3. The molecule has 0 aliphatic carbocycles. The van der Waals surface area contributed by atoms with Crippen LogP contribution in [0.15, 0.2) is 11.6 Å². The minimum absolute atomic E-state index is 0.0182. The van der Waals surface area contributed by atoms with Crippen molar-refractivity contribution in [1.82, 2.24) is 4.98 Å². The van der Waals surface area contributed by atoms with Gasteiger partial charge >= 0.3 is 0 Å². The summed E-state index contributed by atoms with van der Waals surface area (Å²) >= 11 is 6.37. The Morgan fingerprint density at radius 1 is 1.67 bits per heavy atom. The van der Waals surface area contributed by atoms with Gasteiger partial charge in [0, 0.05) is 11.6 Å². The molecule has 3 N–H and O–H groups in total. The molecule has 1 aromatic rings. The Bertz CT molecular complexity index is 292. The van der Waals surface area contributed by atoms with Gasteiger partial charge < -0.3 is 15.6 Å². The molecule has 0 aromatic carbocycles. The predicted octanol–water partition coefficient (Wildman–Crippen LogP) is 0.202. The van der Waals surface area contributed by atoms with E-state index in [0.29, 0.717) is 19.8 Å². The van der Waals surface area contributed by atoms with Crippen LogP contribution in [-0.2, 0) is 4.74 Å². The minimum Gasteiger partial charge on any atom is -0.394 e. The Labute approximate surface area is 97.5 Å². The monoisotopic (exact) mass is 247 g/mol. The van der Waals surface area contributed by atoms with Gasteiger partial charge in [0.05, 0.1) is 26.4 Å². The summed E-state index contributed by atoms with van der Waals surface area (Å²) in [6.45, 7) is 1.34. The number of hydrogen-bond donors (Lipinski definition) is 2. The number of aromatic nitrogens is 1. The van der Waals surface area contributed by atoms with E-state index in [-0.39, 0.29) is 11.7 Å². The molecular formula is C8H13N3O2S2. The predicted molar refractivity (Wildman–Crippen MR) is 64.2 cm³/mol. The number of hydrogen-bond acceptors (Lipinski definition) is 5. The van der Waals surface area contributed by atoms with Crippen LogP contribution < -0.4 is 10.6 Å². The van der Waals surface area contributed by atoms with Gasteiger partial charge in [0.2, 0.25) is 0 Å². The van der Waals surface area contributed by atoms with Crippen molar-refractivity contribution in [2.45, 2.75) is 0 Å². The Morgan fingerprint density at radius 2 is 2.47 bits per heavy atom. The number of ether oxygens (including phenoxy) is 1. The molecule has 0 radical (unpaired) electrons. The van der Waals surface area contributed by atoms with E-state index in [2.05, 4.69) is 4.98 Å². The van der Waals surface area contributed by atoms with Gasteiger partial charge in [0.15, 0.2) is 10.2 Å². The highest BCUT2D eigenvalue weighted by Gasteiger charge is 2.10. The van der Waals surface area contributed by atoms with Crippen LogP contribution in [0.1, 0.15) is 0 Å².